The van der Waals surface area contributed by atoms with Crippen molar-refractivity contribution in [2.75, 3.05) is 20.8 Å². The zero-order chi connectivity index (χ0) is 25.3. The van der Waals surface area contributed by atoms with E-state index in [9.17, 15) is 9.90 Å². The number of benzene rings is 2. The molecule has 2 aromatic heterocycles. The average molecular weight is 485 g/mol. The van der Waals surface area contributed by atoms with Crippen LogP contribution in [0.5, 0.6) is 0 Å². The maximum absolute atomic E-state index is 12.6. The third kappa shape index (κ3) is 5.75. The Bertz CT molecular complexity index is 1400. The van der Waals surface area contributed by atoms with Crippen LogP contribution < -0.4 is 5.11 Å². The van der Waals surface area contributed by atoms with Crippen molar-refractivity contribution in [3.05, 3.63) is 108 Å². The molecule has 4 rings (SSSR count). The number of H-pyrrole nitrogens is 1. The zero-order valence-electron chi connectivity index (χ0n) is 20.3. The number of allylic oxidation sites excluding steroid dienone is 1. The van der Waals surface area contributed by atoms with Gasteiger partial charge in [0.05, 0.1) is 31.3 Å². The Morgan fingerprint density at radius 3 is 2.56 bits per heavy atom. The Morgan fingerprint density at radius 2 is 1.83 bits per heavy atom. The molecule has 2 aromatic carbocycles. The molecule has 1 N–H and O–H groups in total. The molecule has 4 aromatic rings. The molecule has 184 valence electrons. The van der Waals surface area contributed by atoms with E-state index in [4.69, 9.17) is 13.9 Å². The van der Waals surface area contributed by atoms with Crippen LogP contribution >= 0.6 is 0 Å². The number of carbonyl (C=O) groups excluding carboxylic acids is 1. The number of nitrogens with zero attached hydrogens (tertiary/aromatic N) is 1. The summed E-state index contributed by atoms with van der Waals surface area (Å²) < 4.78 is 17.1. The van der Waals surface area contributed by atoms with Crippen LogP contribution in [0.3, 0.4) is 0 Å². The number of hydrogen-bond acceptors (Lipinski definition) is 5. The molecule has 0 fully saturated rings. The van der Waals surface area contributed by atoms with Crippen LogP contribution in [0.15, 0.2) is 89.6 Å². The molecule has 0 aliphatic heterocycles. The average Bonchev–Trinajstić information content (AvgIpc) is 3.55. The lowest BCUT2D eigenvalue weighted by molar-refractivity contribution is -0.538. The lowest BCUT2D eigenvalue weighted by atomic mass is 10.0. The van der Waals surface area contributed by atoms with Crippen LogP contribution in [-0.2, 0) is 27.2 Å². The summed E-state index contributed by atoms with van der Waals surface area (Å²) >= 11 is 0. The maximum Gasteiger partial charge on any atom is 0.341 e. The minimum atomic E-state index is -0.745. The number of hydrogen-bond donors (Lipinski definition) is 1. The van der Waals surface area contributed by atoms with Crippen molar-refractivity contribution in [2.45, 2.75) is 13.0 Å². The van der Waals surface area contributed by atoms with Crippen molar-refractivity contribution in [3.63, 3.8) is 0 Å². The van der Waals surface area contributed by atoms with Gasteiger partial charge in [0, 0.05) is 34.5 Å². The monoisotopic (exact) mass is 484 g/mol. The fourth-order valence-corrected chi connectivity index (χ4v) is 4.09. The van der Waals surface area contributed by atoms with Gasteiger partial charge in [0.1, 0.15) is 12.1 Å². The second kappa shape index (κ2) is 11.8. The maximum atomic E-state index is 12.6. The van der Waals surface area contributed by atoms with Gasteiger partial charge in [-0.15, -0.1) is 0 Å². The van der Waals surface area contributed by atoms with Crippen molar-refractivity contribution in [2.24, 2.45) is 0 Å². The van der Waals surface area contributed by atoms with Crippen LogP contribution in [0.25, 0.3) is 22.6 Å². The predicted molar refractivity (Wildman–Crippen MR) is 137 cm³/mol. The highest BCUT2D eigenvalue weighted by atomic mass is 16.6. The molecule has 0 aliphatic carbocycles. The normalized spacial score (nSPS) is 12.7. The Hall–Kier alpha value is -4.52. The fraction of sp³-hybridized carbons (Fsp3) is 0.172. The first-order valence-electron chi connectivity index (χ1n) is 11.6. The topological polar surface area (TPSA) is 90.5 Å². The van der Waals surface area contributed by atoms with Crippen LogP contribution in [-0.4, -0.2) is 42.5 Å². The molecular weight excluding hydrogens is 456 g/mol. The molecule has 0 saturated carbocycles. The molecule has 0 spiro atoms. The molecule has 0 saturated heterocycles. The van der Waals surface area contributed by atoms with Crippen molar-refractivity contribution < 1.29 is 28.4 Å². The number of rotatable bonds is 10. The lowest BCUT2D eigenvalue weighted by Gasteiger charge is -2.16. The molecular formula is C29H28N2O5. The molecule has 0 atom stereocenters. The van der Waals surface area contributed by atoms with Crippen LogP contribution in [0.2, 0.25) is 0 Å². The van der Waals surface area contributed by atoms with E-state index in [1.54, 1.807) is 12.5 Å². The molecule has 0 aliphatic rings. The van der Waals surface area contributed by atoms with E-state index in [0.29, 0.717) is 25.2 Å². The predicted octanol–water partition coefficient (Wildman–Crippen LogP) is 4.15. The molecule has 0 unspecified atom stereocenters. The van der Waals surface area contributed by atoms with Crippen LogP contribution in [0.4, 0.5) is 0 Å². The Balaban J connectivity index is 1.70. The first-order valence-corrected chi connectivity index (χ1v) is 11.6. The molecule has 0 radical (unpaired) electrons. The van der Waals surface area contributed by atoms with E-state index < -0.39 is 11.9 Å². The minimum Gasteiger partial charge on any atom is -0.616 e. The summed E-state index contributed by atoms with van der Waals surface area (Å²) in [6, 6.07) is 19.8. The van der Waals surface area contributed by atoms with Gasteiger partial charge in [0.15, 0.2) is 12.8 Å². The standard InChI is InChI=1S/C29H28N2O5/c1-34-28(32)26(29(33)35-2)27-24(23-12-6-7-13-25(23)30-27)14-17-31(19-21-9-4-3-5-10-21)16-8-11-22-15-18-36-20-22/h3-13,15-16,18,20,30H,14,17,19H2,1-2H3/b11-8+,31-16?. The number of para-hydroxylation sites is 1. The highest BCUT2D eigenvalue weighted by Crippen LogP contribution is 2.30. The van der Waals surface area contributed by atoms with Gasteiger partial charge in [0.25, 0.3) is 0 Å². The van der Waals surface area contributed by atoms with Gasteiger partial charge >= 0.3 is 5.97 Å². The molecule has 2 heterocycles. The van der Waals surface area contributed by atoms with E-state index in [0.717, 1.165) is 22.0 Å². The summed E-state index contributed by atoms with van der Waals surface area (Å²) in [6.45, 7) is 1.33. The van der Waals surface area contributed by atoms with Gasteiger partial charge in [-0.3, -0.25) is 0 Å². The minimum absolute atomic E-state index is 0.148. The largest absolute Gasteiger partial charge is 0.616 e. The summed E-state index contributed by atoms with van der Waals surface area (Å²) in [5.74, 6) is -1.49. The van der Waals surface area contributed by atoms with Crippen molar-refractivity contribution in [3.8, 4) is 0 Å². The number of ether oxygens (including phenoxy) is 2. The number of carbonyl (C=O) groups is 1. The zero-order valence-corrected chi connectivity index (χ0v) is 20.3. The highest BCUT2D eigenvalue weighted by Gasteiger charge is 2.23. The summed E-state index contributed by atoms with van der Waals surface area (Å²) in [5, 5.41) is 13.5. The molecule has 0 amide bonds. The number of aromatic nitrogens is 1. The second-order valence-corrected chi connectivity index (χ2v) is 8.15. The van der Waals surface area contributed by atoms with Gasteiger partial charge in [-0.1, -0.05) is 48.5 Å². The van der Waals surface area contributed by atoms with Gasteiger partial charge in [0.2, 0.25) is 0 Å². The number of nitrogens with one attached hydrogen (secondary N) is 1. The van der Waals surface area contributed by atoms with Crippen molar-refractivity contribution in [1.82, 2.24) is 4.98 Å². The molecule has 0 bridgehead atoms. The summed E-state index contributed by atoms with van der Waals surface area (Å²) in [4.78, 5) is 15.8. The Morgan fingerprint density at radius 1 is 1.06 bits per heavy atom. The second-order valence-electron chi connectivity index (χ2n) is 8.15. The highest BCUT2D eigenvalue weighted by molar-refractivity contribution is 6.17. The fourth-order valence-electron chi connectivity index (χ4n) is 4.09. The number of fused-ring (bicyclic) bond motifs is 1. The van der Waals surface area contributed by atoms with Gasteiger partial charge < -0.3 is 24.0 Å². The van der Waals surface area contributed by atoms with E-state index in [1.807, 2.05) is 66.9 Å². The van der Waals surface area contributed by atoms with Crippen molar-refractivity contribution >= 4 is 34.7 Å². The van der Waals surface area contributed by atoms with E-state index in [-0.39, 0.29) is 5.57 Å². The number of methoxy groups -OCH3 is 2. The summed E-state index contributed by atoms with van der Waals surface area (Å²) in [5.41, 5.74) is 4.09. The van der Waals surface area contributed by atoms with Crippen LogP contribution in [0.1, 0.15) is 22.4 Å². The van der Waals surface area contributed by atoms with E-state index >= 15 is 0 Å². The van der Waals surface area contributed by atoms with Crippen LogP contribution in [0, 0.1) is 0 Å². The van der Waals surface area contributed by atoms with Gasteiger partial charge in [-0.2, -0.15) is 0 Å². The SMILES string of the molecule is COC(=O)/C(=C(\[O-])OC)c1[nH]c2ccccc2c1CC[N+](=C/C=C/c1ccoc1)Cc1ccccc1. The quantitative estimate of drug-likeness (QED) is 0.120. The van der Waals surface area contributed by atoms with E-state index in [1.165, 1.54) is 19.8 Å². The van der Waals surface area contributed by atoms with Gasteiger partial charge in [-0.05, 0) is 30.9 Å². The summed E-state index contributed by atoms with van der Waals surface area (Å²) in [6.07, 6.45) is 9.86. The Kier molecular flexibility index (Phi) is 8.03. The third-order valence-electron chi connectivity index (χ3n) is 5.85. The molecule has 7 nitrogen and oxygen atoms in total. The molecule has 7 heteroatoms. The first kappa shape index (κ1) is 24.6. The number of esters is 1. The lowest BCUT2D eigenvalue weighted by Crippen LogP contribution is -2.19. The third-order valence-corrected chi connectivity index (χ3v) is 5.85. The Labute approximate surface area is 209 Å². The smallest absolute Gasteiger partial charge is 0.341 e. The van der Waals surface area contributed by atoms with E-state index in [2.05, 4.69) is 21.7 Å². The number of furan rings is 1. The van der Waals surface area contributed by atoms with Crippen molar-refractivity contribution in [1.29, 1.82) is 0 Å². The first-order chi connectivity index (χ1) is 17.6. The molecule has 36 heavy (non-hydrogen) atoms. The van der Waals surface area contributed by atoms with Gasteiger partial charge in [-0.25, -0.2) is 9.37 Å². The summed E-state index contributed by atoms with van der Waals surface area (Å²) in [7, 11) is 2.49. The number of aromatic amines is 1.